The number of hydrogen-bond donors (Lipinski definition) is 1. The van der Waals surface area contributed by atoms with Gasteiger partial charge in [-0.1, -0.05) is 5.16 Å². The zero-order valence-electron chi connectivity index (χ0n) is 10.1. The SMILES string of the molecule is COC(c1noc(Cn2cc(N)cn2)n1)C1CC1. The Morgan fingerprint density at radius 1 is 1.61 bits per heavy atom. The average molecular weight is 249 g/mol. The first-order chi connectivity index (χ1) is 8.76. The molecule has 0 bridgehead atoms. The van der Waals surface area contributed by atoms with Crippen molar-refractivity contribution in [2.75, 3.05) is 12.8 Å². The molecule has 18 heavy (non-hydrogen) atoms. The zero-order valence-corrected chi connectivity index (χ0v) is 10.1. The molecule has 0 aromatic carbocycles. The number of nitrogen functional groups attached to an aromatic ring is 1. The van der Waals surface area contributed by atoms with Gasteiger partial charge in [0, 0.05) is 13.3 Å². The fourth-order valence-corrected chi connectivity index (χ4v) is 1.96. The maximum atomic E-state index is 5.59. The van der Waals surface area contributed by atoms with Crippen LogP contribution in [0.4, 0.5) is 5.69 Å². The van der Waals surface area contributed by atoms with Gasteiger partial charge >= 0.3 is 0 Å². The molecule has 1 unspecified atom stereocenters. The molecule has 0 saturated heterocycles. The lowest BCUT2D eigenvalue weighted by molar-refractivity contribution is 0.0751. The Morgan fingerprint density at radius 2 is 2.44 bits per heavy atom. The second-order valence-electron chi connectivity index (χ2n) is 4.51. The number of aromatic nitrogens is 4. The lowest BCUT2D eigenvalue weighted by Crippen LogP contribution is -2.06. The Hall–Kier alpha value is -1.89. The van der Waals surface area contributed by atoms with Gasteiger partial charge in [0.15, 0.2) is 0 Å². The number of anilines is 1. The molecule has 1 atom stereocenters. The summed E-state index contributed by atoms with van der Waals surface area (Å²) in [6, 6.07) is 0. The fourth-order valence-electron chi connectivity index (χ4n) is 1.96. The van der Waals surface area contributed by atoms with Crippen molar-refractivity contribution in [1.29, 1.82) is 0 Å². The van der Waals surface area contributed by atoms with E-state index >= 15 is 0 Å². The van der Waals surface area contributed by atoms with E-state index in [0.717, 1.165) is 12.8 Å². The highest BCUT2D eigenvalue weighted by Crippen LogP contribution is 2.41. The predicted molar refractivity (Wildman–Crippen MR) is 62.5 cm³/mol. The van der Waals surface area contributed by atoms with Gasteiger partial charge in [-0.05, 0) is 18.8 Å². The minimum atomic E-state index is -0.0507. The van der Waals surface area contributed by atoms with Crippen molar-refractivity contribution in [3.63, 3.8) is 0 Å². The van der Waals surface area contributed by atoms with E-state index in [1.807, 2.05) is 0 Å². The van der Waals surface area contributed by atoms with Crippen LogP contribution in [0.2, 0.25) is 0 Å². The van der Waals surface area contributed by atoms with Gasteiger partial charge in [-0.2, -0.15) is 10.1 Å². The van der Waals surface area contributed by atoms with Crippen LogP contribution >= 0.6 is 0 Å². The lowest BCUT2D eigenvalue weighted by Gasteiger charge is -2.08. The third-order valence-corrected chi connectivity index (χ3v) is 2.99. The van der Waals surface area contributed by atoms with E-state index in [2.05, 4.69) is 15.2 Å². The Balaban J connectivity index is 1.72. The van der Waals surface area contributed by atoms with Crippen LogP contribution in [0.25, 0.3) is 0 Å². The minimum absolute atomic E-state index is 0.0507. The standard InChI is InChI=1S/C11H15N5O2/c1-17-10(7-2-3-7)11-14-9(18-15-11)6-16-5-8(12)4-13-16/h4-5,7,10H,2-3,6,12H2,1H3. The molecule has 0 radical (unpaired) electrons. The number of nitrogens with two attached hydrogens (primary N) is 1. The van der Waals surface area contributed by atoms with Gasteiger partial charge in [0.05, 0.1) is 11.9 Å². The lowest BCUT2D eigenvalue weighted by atomic mass is 10.2. The Morgan fingerprint density at radius 3 is 3.06 bits per heavy atom. The van der Waals surface area contributed by atoms with E-state index in [1.54, 1.807) is 24.2 Å². The summed E-state index contributed by atoms with van der Waals surface area (Å²) in [6.45, 7) is 0.422. The van der Waals surface area contributed by atoms with Gasteiger partial charge in [0.2, 0.25) is 11.7 Å². The van der Waals surface area contributed by atoms with E-state index in [0.29, 0.717) is 29.9 Å². The summed E-state index contributed by atoms with van der Waals surface area (Å²) in [5, 5.41) is 8.03. The van der Waals surface area contributed by atoms with E-state index in [1.165, 1.54) is 0 Å². The van der Waals surface area contributed by atoms with E-state index in [4.69, 9.17) is 15.0 Å². The first-order valence-corrected chi connectivity index (χ1v) is 5.89. The third-order valence-electron chi connectivity index (χ3n) is 2.99. The van der Waals surface area contributed by atoms with Crippen molar-refractivity contribution in [3.8, 4) is 0 Å². The van der Waals surface area contributed by atoms with Crippen LogP contribution in [-0.2, 0) is 11.3 Å². The van der Waals surface area contributed by atoms with Crippen molar-refractivity contribution in [1.82, 2.24) is 19.9 Å². The van der Waals surface area contributed by atoms with Gasteiger partial charge in [-0.25, -0.2) is 0 Å². The second-order valence-corrected chi connectivity index (χ2v) is 4.51. The molecule has 1 aliphatic rings. The monoisotopic (exact) mass is 249 g/mol. The van der Waals surface area contributed by atoms with Gasteiger partial charge in [-0.3, -0.25) is 4.68 Å². The molecule has 2 aromatic heterocycles. The van der Waals surface area contributed by atoms with Crippen molar-refractivity contribution in [2.24, 2.45) is 5.92 Å². The Labute approximate surface area is 104 Å². The van der Waals surface area contributed by atoms with Crippen LogP contribution in [0.5, 0.6) is 0 Å². The molecule has 2 aromatic rings. The second kappa shape index (κ2) is 4.41. The molecule has 0 aliphatic heterocycles. The van der Waals surface area contributed by atoms with Gasteiger partial charge in [0.25, 0.3) is 0 Å². The summed E-state index contributed by atoms with van der Waals surface area (Å²) in [5.41, 5.74) is 6.20. The first kappa shape index (κ1) is 11.2. The predicted octanol–water partition coefficient (Wildman–Crippen LogP) is 0.994. The highest BCUT2D eigenvalue weighted by Gasteiger charge is 2.35. The van der Waals surface area contributed by atoms with Crippen LogP contribution in [-0.4, -0.2) is 27.0 Å². The van der Waals surface area contributed by atoms with E-state index < -0.39 is 0 Å². The Bertz CT molecular complexity index is 531. The molecule has 1 fully saturated rings. The Kier molecular flexibility index (Phi) is 2.75. The van der Waals surface area contributed by atoms with Gasteiger partial charge < -0.3 is 15.0 Å². The molecule has 1 aliphatic carbocycles. The summed E-state index contributed by atoms with van der Waals surface area (Å²) in [5.74, 6) is 1.66. The molecule has 2 heterocycles. The van der Waals surface area contributed by atoms with Crippen LogP contribution in [0, 0.1) is 5.92 Å². The molecule has 7 heteroatoms. The summed E-state index contributed by atoms with van der Waals surface area (Å²) >= 11 is 0. The smallest absolute Gasteiger partial charge is 0.248 e. The molecule has 2 N–H and O–H groups in total. The third kappa shape index (κ3) is 2.21. The minimum Gasteiger partial charge on any atom is -0.396 e. The van der Waals surface area contributed by atoms with Crippen molar-refractivity contribution in [2.45, 2.75) is 25.5 Å². The van der Waals surface area contributed by atoms with Crippen LogP contribution < -0.4 is 5.73 Å². The van der Waals surface area contributed by atoms with Gasteiger partial charge in [0.1, 0.15) is 12.6 Å². The number of hydrogen-bond acceptors (Lipinski definition) is 6. The maximum absolute atomic E-state index is 5.59. The molecular weight excluding hydrogens is 234 g/mol. The number of nitrogens with zero attached hydrogens (tertiary/aromatic N) is 4. The summed E-state index contributed by atoms with van der Waals surface area (Å²) in [7, 11) is 1.67. The number of rotatable bonds is 5. The first-order valence-electron chi connectivity index (χ1n) is 5.89. The van der Waals surface area contributed by atoms with Crippen molar-refractivity contribution >= 4 is 5.69 Å². The average Bonchev–Trinajstić information content (AvgIpc) is 2.94. The largest absolute Gasteiger partial charge is 0.396 e. The van der Waals surface area contributed by atoms with E-state index in [-0.39, 0.29) is 6.10 Å². The van der Waals surface area contributed by atoms with Gasteiger partial charge in [-0.15, -0.1) is 0 Å². The molecule has 1 saturated carbocycles. The summed E-state index contributed by atoms with van der Waals surface area (Å²) < 4.78 is 12.3. The molecule has 0 amide bonds. The molecular formula is C11H15N5O2. The van der Waals surface area contributed by atoms with E-state index in [9.17, 15) is 0 Å². The van der Waals surface area contributed by atoms with Crippen LogP contribution in [0.3, 0.4) is 0 Å². The fraction of sp³-hybridized carbons (Fsp3) is 0.545. The topological polar surface area (TPSA) is 92.0 Å². The number of methoxy groups -OCH3 is 1. The number of ether oxygens (including phenoxy) is 1. The highest BCUT2D eigenvalue weighted by atomic mass is 16.5. The van der Waals surface area contributed by atoms with Crippen LogP contribution in [0.1, 0.15) is 30.7 Å². The van der Waals surface area contributed by atoms with Crippen molar-refractivity contribution in [3.05, 3.63) is 24.1 Å². The maximum Gasteiger partial charge on any atom is 0.248 e. The quantitative estimate of drug-likeness (QED) is 0.849. The molecule has 3 rings (SSSR count). The normalized spacial score (nSPS) is 16.9. The summed E-state index contributed by atoms with van der Waals surface area (Å²) in [4.78, 5) is 4.34. The molecule has 0 spiro atoms. The van der Waals surface area contributed by atoms with Crippen molar-refractivity contribution < 1.29 is 9.26 Å². The summed E-state index contributed by atoms with van der Waals surface area (Å²) in [6.07, 6.45) is 5.58. The zero-order chi connectivity index (χ0) is 12.5. The molecule has 96 valence electrons. The molecule has 7 nitrogen and oxygen atoms in total. The highest BCUT2D eigenvalue weighted by molar-refractivity contribution is 5.30. The van der Waals surface area contributed by atoms with Crippen LogP contribution in [0.15, 0.2) is 16.9 Å².